The minimum atomic E-state index is -4.36. The van der Waals surface area contributed by atoms with Crippen molar-refractivity contribution < 1.29 is 27.5 Å². The Morgan fingerprint density at radius 3 is 2.14 bits per heavy atom. The smallest absolute Gasteiger partial charge is 0.367 e. The largest absolute Gasteiger partial charge is 0.411 e. The molecule has 0 unspecified atom stereocenters. The van der Waals surface area contributed by atoms with Crippen molar-refractivity contribution in [2.24, 2.45) is 0 Å². The number of carbonyl (C=O) groups is 2. The van der Waals surface area contributed by atoms with Gasteiger partial charge in [-0.1, -0.05) is 12.1 Å². The molecule has 1 heterocycles. The fraction of sp³-hybridized carbons (Fsp3) is 0.600. The molecule has 1 N–H and O–H groups in total. The van der Waals surface area contributed by atoms with E-state index in [2.05, 4.69) is 10.1 Å². The molecule has 1 aromatic rings. The van der Waals surface area contributed by atoms with Crippen molar-refractivity contribution in [1.82, 2.24) is 15.1 Å². The summed E-state index contributed by atoms with van der Waals surface area (Å²) in [5.41, 5.74) is 0.766. The molecule has 1 fully saturated rings. The van der Waals surface area contributed by atoms with Gasteiger partial charge in [-0.15, -0.1) is 0 Å². The highest BCUT2D eigenvalue weighted by Crippen LogP contribution is 2.16. The molecule has 9 heteroatoms. The van der Waals surface area contributed by atoms with Crippen molar-refractivity contribution >= 4 is 11.8 Å². The number of nitrogens with one attached hydrogen (secondary N) is 1. The van der Waals surface area contributed by atoms with Crippen LogP contribution in [0.25, 0.3) is 0 Å². The molecule has 1 aliphatic rings. The van der Waals surface area contributed by atoms with Gasteiger partial charge in [-0.25, -0.2) is 0 Å². The molecular weight excluding hydrogens is 387 g/mol. The summed E-state index contributed by atoms with van der Waals surface area (Å²) in [7, 11) is 0. The number of carbonyl (C=O) groups excluding carboxylic acids is 2. The molecule has 2 amide bonds. The Labute approximate surface area is 169 Å². The number of piperazine rings is 1. The van der Waals surface area contributed by atoms with E-state index in [0.717, 1.165) is 0 Å². The molecule has 29 heavy (non-hydrogen) atoms. The summed E-state index contributed by atoms with van der Waals surface area (Å²) in [5.74, 6) is -0.174. The normalized spacial score (nSPS) is 16.0. The minimum Gasteiger partial charge on any atom is -0.367 e. The zero-order chi connectivity index (χ0) is 21.7. The van der Waals surface area contributed by atoms with E-state index in [4.69, 9.17) is 0 Å². The van der Waals surface area contributed by atoms with Crippen molar-refractivity contribution in [3.8, 4) is 0 Å². The molecule has 0 aliphatic carbocycles. The summed E-state index contributed by atoms with van der Waals surface area (Å²) in [6.45, 7) is 6.84. The zero-order valence-electron chi connectivity index (χ0n) is 17.0. The quantitative estimate of drug-likeness (QED) is 0.775. The van der Waals surface area contributed by atoms with E-state index < -0.39 is 12.8 Å². The number of amides is 2. The molecule has 0 bridgehead atoms. The van der Waals surface area contributed by atoms with Gasteiger partial charge >= 0.3 is 6.18 Å². The zero-order valence-corrected chi connectivity index (χ0v) is 17.0. The molecule has 6 nitrogen and oxygen atoms in total. The molecule has 2 rings (SSSR count). The molecule has 0 radical (unpaired) electrons. The van der Waals surface area contributed by atoms with Gasteiger partial charge < -0.3 is 15.0 Å². The lowest BCUT2D eigenvalue weighted by Crippen LogP contribution is -2.52. The van der Waals surface area contributed by atoms with Crippen LogP contribution < -0.4 is 5.32 Å². The summed E-state index contributed by atoms with van der Waals surface area (Å²) < 4.78 is 40.9. The lowest BCUT2D eigenvalue weighted by molar-refractivity contribution is -0.176. The predicted octanol–water partition coefficient (Wildman–Crippen LogP) is 2.44. The van der Waals surface area contributed by atoms with Crippen molar-refractivity contribution in [3.05, 3.63) is 35.4 Å². The number of rotatable bonds is 6. The molecule has 1 aliphatic heterocycles. The van der Waals surface area contributed by atoms with Crippen molar-refractivity contribution in [3.63, 3.8) is 0 Å². The molecule has 1 saturated heterocycles. The van der Waals surface area contributed by atoms with E-state index >= 15 is 0 Å². The molecular formula is C20H28F3N3O3. The molecule has 1 aromatic carbocycles. The number of ether oxygens (including phenoxy) is 1. The average Bonchev–Trinajstić information content (AvgIpc) is 2.59. The van der Waals surface area contributed by atoms with Gasteiger partial charge in [0.25, 0.3) is 5.91 Å². The topological polar surface area (TPSA) is 61.9 Å². The highest BCUT2D eigenvalue weighted by atomic mass is 19.4. The van der Waals surface area contributed by atoms with Gasteiger partial charge in [-0.2, -0.15) is 13.2 Å². The maximum Gasteiger partial charge on any atom is 0.411 e. The summed E-state index contributed by atoms with van der Waals surface area (Å²) in [6.07, 6.45) is -4.36. The Bertz CT molecular complexity index is 692. The van der Waals surface area contributed by atoms with E-state index in [1.807, 2.05) is 25.7 Å². The number of hydrogen-bond donors (Lipinski definition) is 1. The first-order valence-electron chi connectivity index (χ1n) is 9.49. The van der Waals surface area contributed by atoms with E-state index in [1.165, 1.54) is 0 Å². The third-order valence-corrected chi connectivity index (χ3v) is 4.28. The van der Waals surface area contributed by atoms with Crippen LogP contribution in [0.15, 0.2) is 24.3 Å². The Kier molecular flexibility index (Phi) is 7.65. The SMILES string of the molecule is CC(C)(C)NC(=O)CN1CCN(C(=O)c2ccc(COCC(F)(F)F)cc2)CC1. The van der Waals surface area contributed by atoms with Crippen molar-refractivity contribution in [2.75, 3.05) is 39.3 Å². The molecule has 0 atom stereocenters. The number of halogens is 3. The summed E-state index contributed by atoms with van der Waals surface area (Å²) in [6, 6.07) is 6.38. The van der Waals surface area contributed by atoms with E-state index in [-0.39, 0.29) is 24.0 Å². The van der Waals surface area contributed by atoms with Gasteiger partial charge in [0.2, 0.25) is 5.91 Å². The van der Waals surface area contributed by atoms with Gasteiger partial charge in [0.05, 0.1) is 13.2 Å². The van der Waals surface area contributed by atoms with Gasteiger partial charge in [-0.3, -0.25) is 14.5 Å². The maximum absolute atomic E-state index is 12.6. The van der Waals surface area contributed by atoms with Crippen LogP contribution in [-0.4, -0.2) is 72.7 Å². The van der Waals surface area contributed by atoms with Crippen LogP contribution >= 0.6 is 0 Å². The van der Waals surface area contributed by atoms with Gasteiger partial charge in [-0.05, 0) is 38.5 Å². The second kappa shape index (κ2) is 9.58. The lowest BCUT2D eigenvalue weighted by Gasteiger charge is -2.35. The molecule has 162 valence electrons. The Morgan fingerprint density at radius 2 is 1.62 bits per heavy atom. The predicted molar refractivity (Wildman–Crippen MR) is 102 cm³/mol. The highest BCUT2D eigenvalue weighted by molar-refractivity contribution is 5.94. The molecule has 0 spiro atoms. The number of nitrogens with zero attached hydrogens (tertiary/aromatic N) is 2. The third-order valence-electron chi connectivity index (χ3n) is 4.28. The standard InChI is InChI=1S/C20H28F3N3O3/c1-19(2,3)24-17(27)12-25-8-10-26(11-9-25)18(28)16-6-4-15(5-7-16)13-29-14-20(21,22)23/h4-7H,8-14H2,1-3H3,(H,24,27). The van der Waals surface area contributed by atoms with Gasteiger partial charge in [0.15, 0.2) is 0 Å². The Morgan fingerprint density at radius 1 is 1.03 bits per heavy atom. The summed E-state index contributed by atoms with van der Waals surface area (Å²) >= 11 is 0. The first kappa shape index (κ1) is 23.2. The van der Waals surface area contributed by atoms with Crippen LogP contribution in [0.4, 0.5) is 13.2 Å². The number of hydrogen-bond acceptors (Lipinski definition) is 4. The van der Waals surface area contributed by atoms with Crippen LogP contribution in [0.2, 0.25) is 0 Å². The monoisotopic (exact) mass is 415 g/mol. The van der Waals surface area contributed by atoms with E-state index in [0.29, 0.717) is 43.9 Å². The Hall–Kier alpha value is -2.13. The van der Waals surface area contributed by atoms with Crippen molar-refractivity contribution in [2.45, 2.75) is 39.1 Å². The van der Waals surface area contributed by atoms with E-state index in [9.17, 15) is 22.8 Å². The first-order valence-corrected chi connectivity index (χ1v) is 9.49. The minimum absolute atomic E-state index is 0.0411. The highest BCUT2D eigenvalue weighted by Gasteiger charge is 2.27. The van der Waals surface area contributed by atoms with Crippen LogP contribution in [0.5, 0.6) is 0 Å². The average molecular weight is 415 g/mol. The van der Waals surface area contributed by atoms with Gasteiger partial charge in [0, 0.05) is 37.3 Å². The molecule has 0 saturated carbocycles. The van der Waals surface area contributed by atoms with E-state index in [1.54, 1.807) is 29.2 Å². The fourth-order valence-corrected chi connectivity index (χ4v) is 2.98. The number of benzene rings is 1. The Balaban J connectivity index is 1.79. The van der Waals surface area contributed by atoms with Crippen LogP contribution in [0.3, 0.4) is 0 Å². The maximum atomic E-state index is 12.6. The van der Waals surface area contributed by atoms with Crippen molar-refractivity contribution in [1.29, 1.82) is 0 Å². The lowest BCUT2D eigenvalue weighted by atomic mass is 10.1. The number of alkyl halides is 3. The summed E-state index contributed by atoms with van der Waals surface area (Å²) in [4.78, 5) is 28.4. The third kappa shape index (κ3) is 8.41. The summed E-state index contributed by atoms with van der Waals surface area (Å²) in [5, 5.41) is 2.92. The van der Waals surface area contributed by atoms with Crippen LogP contribution in [-0.2, 0) is 16.1 Å². The van der Waals surface area contributed by atoms with Crippen LogP contribution in [0, 0.1) is 0 Å². The van der Waals surface area contributed by atoms with Crippen LogP contribution in [0.1, 0.15) is 36.7 Å². The molecule has 0 aromatic heterocycles. The second-order valence-corrected chi connectivity index (χ2v) is 8.17. The fourth-order valence-electron chi connectivity index (χ4n) is 2.98. The first-order chi connectivity index (χ1) is 13.4. The van der Waals surface area contributed by atoms with Gasteiger partial charge in [0.1, 0.15) is 6.61 Å². The second-order valence-electron chi connectivity index (χ2n) is 8.17.